The highest BCUT2D eigenvalue weighted by molar-refractivity contribution is 5.99. The van der Waals surface area contributed by atoms with E-state index in [1.165, 1.54) is 17.7 Å². The van der Waals surface area contributed by atoms with Crippen LogP contribution in [0.5, 0.6) is 0 Å². The summed E-state index contributed by atoms with van der Waals surface area (Å²) in [5, 5.41) is 18.1. The van der Waals surface area contributed by atoms with E-state index in [4.69, 9.17) is 0 Å². The Morgan fingerprint density at radius 2 is 1.80 bits per heavy atom. The molecule has 8 nitrogen and oxygen atoms in total. The number of benzene rings is 2. The highest BCUT2D eigenvalue weighted by Gasteiger charge is 2.19. The van der Waals surface area contributed by atoms with Gasteiger partial charge in [0.05, 0.1) is 17.2 Å². The molecule has 30 heavy (non-hydrogen) atoms. The average Bonchev–Trinajstić information content (AvgIpc) is 2.77. The molecule has 0 saturated carbocycles. The van der Waals surface area contributed by atoms with Gasteiger partial charge in [0.2, 0.25) is 0 Å². The molecule has 158 valence electrons. The van der Waals surface area contributed by atoms with Gasteiger partial charge in [0.1, 0.15) is 0 Å². The molecule has 0 spiro atoms. The number of piperidine rings is 1. The largest absolute Gasteiger partial charge is 0.305 e. The SMILES string of the molecule is CC(=NNC(=O)CNC1CCN(Cc2ccccc2)CC1)c1ccc([N+](=O)[O-])cc1. The first-order valence-electron chi connectivity index (χ1n) is 10.1. The van der Waals surface area contributed by atoms with Crippen LogP contribution in [0.2, 0.25) is 0 Å². The molecule has 2 aromatic rings. The van der Waals surface area contributed by atoms with Crippen molar-refractivity contribution in [1.29, 1.82) is 0 Å². The van der Waals surface area contributed by atoms with E-state index in [1.54, 1.807) is 19.1 Å². The predicted octanol–water partition coefficient (Wildman–Crippen LogP) is 2.69. The van der Waals surface area contributed by atoms with Crippen LogP contribution in [0.4, 0.5) is 5.69 Å². The van der Waals surface area contributed by atoms with Gasteiger partial charge in [-0.3, -0.25) is 19.8 Å². The minimum atomic E-state index is -0.449. The number of carbonyl (C=O) groups is 1. The van der Waals surface area contributed by atoms with Crippen LogP contribution in [-0.4, -0.2) is 47.1 Å². The van der Waals surface area contributed by atoms with E-state index < -0.39 is 4.92 Å². The van der Waals surface area contributed by atoms with Crippen LogP contribution in [0.15, 0.2) is 59.7 Å². The average molecular weight is 409 g/mol. The molecule has 2 N–H and O–H groups in total. The summed E-state index contributed by atoms with van der Waals surface area (Å²) >= 11 is 0. The molecule has 1 aliphatic heterocycles. The number of hydrogen-bond donors (Lipinski definition) is 2. The van der Waals surface area contributed by atoms with Crippen molar-refractivity contribution in [2.24, 2.45) is 5.10 Å². The Morgan fingerprint density at radius 1 is 1.13 bits per heavy atom. The lowest BCUT2D eigenvalue weighted by atomic mass is 10.0. The lowest BCUT2D eigenvalue weighted by molar-refractivity contribution is -0.384. The molecule has 0 unspecified atom stereocenters. The van der Waals surface area contributed by atoms with Crippen molar-refractivity contribution in [3.63, 3.8) is 0 Å². The quantitative estimate of drug-likeness (QED) is 0.397. The van der Waals surface area contributed by atoms with E-state index in [9.17, 15) is 14.9 Å². The van der Waals surface area contributed by atoms with E-state index in [2.05, 4.69) is 45.0 Å². The Bertz CT molecular complexity index is 875. The molecule has 0 aromatic heterocycles. The lowest BCUT2D eigenvalue weighted by Gasteiger charge is -2.32. The number of likely N-dealkylation sites (tertiary alicyclic amines) is 1. The Balaban J connectivity index is 1.37. The fourth-order valence-electron chi connectivity index (χ4n) is 3.45. The molecule has 1 heterocycles. The first kappa shape index (κ1) is 21.6. The summed E-state index contributed by atoms with van der Waals surface area (Å²) < 4.78 is 0. The number of carbonyl (C=O) groups excluding carboxylic acids is 1. The van der Waals surface area contributed by atoms with Crippen molar-refractivity contribution >= 4 is 17.3 Å². The van der Waals surface area contributed by atoms with Gasteiger partial charge >= 0.3 is 0 Å². The summed E-state index contributed by atoms with van der Waals surface area (Å²) in [6.07, 6.45) is 2.01. The Morgan fingerprint density at radius 3 is 2.43 bits per heavy atom. The number of amides is 1. The number of hydrogen-bond acceptors (Lipinski definition) is 6. The third kappa shape index (κ3) is 6.47. The van der Waals surface area contributed by atoms with Crippen LogP contribution >= 0.6 is 0 Å². The second kappa shape index (κ2) is 10.6. The topological polar surface area (TPSA) is 99.9 Å². The molecule has 0 bridgehead atoms. The molecule has 1 fully saturated rings. The van der Waals surface area contributed by atoms with Crippen molar-refractivity contribution in [3.8, 4) is 0 Å². The van der Waals surface area contributed by atoms with Crippen LogP contribution in [-0.2, 0) is 11.3 Å². The zero-order valence-electron chi connectivity index (χ0n) is 17.1. The summed E-state index contributed by atoms with van der Waals surface area (Å²) in [4.78, 5) is 24.8. The molecule has 1 aliphatic rings. The smallest absolute Gasteiger partial charge is 0.269 e. The first-order chi connectivity index (χ1) is 14.5. The molecule has 2 aromatic carbocycles. The number of rotatable bonds is 8. The standard InChI is InChI=1S/C22H27N5O3/c1-17(19-7-9-21(10-8-19)27(29)30)24-25-22(28)15-23-20-11-13-26(14-12-20)16-18-5-3-2-4-6-18/h2-10,20,23H,11-16H2,1H3,(H,25,28). The molecular weight excluding hydrogens is 382 g/mol. The maximum absolute atomic E-state index is 12.1. The number of nitro groups is 1. The van der Waals surface area contributed by atoms with Crippen molar-refractivity contribution < 1.29 is 9.72 Å². The van der Waals surface area contributed by atoms with E-state index in [0.717, 1.165) is 38.0 Å². The summed E-state index contributed by atoms with van der Waals surface area (Å²) in [6.45, 7) is 4.93. The highest BCUT2D eigenvalue weighted by atomic mass is 16.6. The van der Waals surface area contributed by atoms with E-state index in [0.29, 0.717) is 11.8 Å². The van der Waals surface area contributed by atoms with Crippen molar-refractivity contribution in [2.45, 2.75) is 32.4 Å². The number of nitrogens with zero attached hydrogens (tertiary/aromatic N) is 3. The zero-order valence-corrected chi connectivity index (χ0v) is 17.1. The summed E-state index contributed by atoms with van der Waals surface area (Å²) in [6, 6.07) is 16.8. The van der Waals surface area contributed by atoms with Crippen LogP contribution in [0.25, 0.3) is 0 Å². The van der Waals surface area contributed by atoms with Gasteiger partial charge in [0.25, 0.3) is 11.6 Å². The second-order valence-electron chi connectivity index (χ2n) is 7.45. The molecular formula is C22H27N5O3. The molecule has 0 atom stereocenters. The van der Waals surface area contributed by atoms with Gasteiger partial charge in [0, 0.05) is 24.7 Å². The van der Waals surface area contributed by atoms with Crippen molar-refractivity contribution in [1.82, 2.24) is 15.6 Å². The third-order valence-corrected chi connectivity index (χ3v) is 5.23. The van der Waals surface area contributed by atoms with Crippen molar-refractivity contribution in [2.75, 3.05) is 19.6 Å². The Labute approximate surface area is 176 Å². The number of non-ortho nitro benzene ring substituents is 1. The summed E-state index contributed by atoms with van der Waals surface area (Å²) in [7, 11) is 0. The van der Waals surface area contributed by atoms with Gasteiger partial charge in [-0.1, -0.05) is 30.3 Å². The van der Waals surface area contributed by atoms with Gasteiger partial charge in [-0.05, 0) is 56.1 Å². The fraction of sp³-hybridized carbons (Fsp3) is 0.364. The van der Waals surface area contributed by atoms with E-state index in [1.807, 2.05) is 6.07 Å². The van der Waals surface area contributed by atoms with Crippen molar-refractivity contribution in [3.05, 3.63) is 75.8 Å². The molecule has 0 radical (unpaired) electrons. The monoisotopic (exact) mass is 409 g/mol. The first-order valence-corrected chi connectivity index (χ1v) is 10.1. The number of hydrazone groups is 1. The van der Waals surface area contributed by atoms with E-state index in [-0.39, 0.29) is 18.1 Å². The Hall–Kier alpha value is -3.10. The number of nitro benzene ring substituents is 1. The third-order valence-electron chi connectivity index (χ3n) is 5.23. The van der Waals surface area contributed by atoms with Crippen LogP contribution in [0.1, 0.15) is 30.9 Å². The van der Waals surface area contributed by atoms with E-state index >= 15 is 0 Å². The zero-order chi connectivity index (χ0) is 21.3. The fourth-order valence-corrected chi connectivity index (χ4v) is 3.45. The Kier molecular flexibility index (Phi) is 7.64. The summed E-state index contributed by atoms with van der Waals surface area (Å²) in [5.41, 5.74) is 5.20. The minimum Gasteiger partial charge on any atom is -0.305 e. The lowest BCUT2D eigenvalue weighted by Crippen LogP contribution is -2.45. The van der Waals surface area contributed by atoms with Gasteiger partial charge < -0.3 is 5.32 Å². The predicted molar refractivity (Wildman–Crippen MR) is 116 cm³/mol. The van der Waals surface area contributed by atoms with Crippen LogP contribution in [0, 0.1) is 10.1 Å². The van der Waals surface area contributed by atoms with Gasteiger partial charge in [-0.15, -0.1) is 0 Å². The molecule has 8 heteroatoms. The molecule has 0 aliphatic carbocycles. The molecule has 3 rings (SSSR count). The maximum atomic E-state index is 12.1. The summed E-state index contributed by atoms with van der Waals surface area (Å²) in [5.74, 6) is -0.206. The maximum Gasteiger partial charge on any atom is 0.269 e. The normalized spacial score (nSPS) is 15.7. The van der Waals surface area contributed by atoms with Gasteiger partial charge in [0.15, 0.2) is 0 Å². The van der Waals surface area contributed by atoms with Crippen LogP contribution < -0.4 is 10.7 Å². The number of nitrogens with one attached hydrogen (secondary N) is 2. The molecule has 1 amide bonds. The van der Waals surface area contributed by atoms with Gasteiger partial charge in [-0.2, -0.15) is 5.10 Å². The second-order valence-corrected chi connectivity index (χ2v) is 7.45. The highest BCUT2D eigenvalue weighted by Crippen LogP contribution is 2.14. The molecule has 1 saturated heterocycles. The van der Waals surface area contributed by atoms with Gasteiger partial charge in [-0.25, -0.2) is 5.43 Å². The van der Waals surface area contributed by atoms with Crippen LogP contribution in [0.3, 0.4) is 0 Å². The minimum absolute atomic E-state index is 0.0228.